The molecule has 0 bridgehead atoms. The molecule has 0 unspecified atom stereocenters. The number of rotatable bonds is 1. The molecule has 1 aromatic carbocycles. The Hall–Kier alpha value is -1.51. The average Bonchev–Trinajstić information content (AvgIpc) is 2.02. The van der Waals surface area contributed by atoms with Crippen molar-refractivity contribution in [2.24, 2.45) is 0 Å². The summed E-state index contributed by atoms with van der Waals surface area (Å²) in [4.78, 5) is 10.9. The van der Waals surface area contributed by atoms with Gasteiger partial charge in [-0.2, -0.15) is 0 Å². The van der Waals surface area contributed by atoms with E-state index in [1.165, 1.54) is 18.2 Å². The molecule has 0 saturated heterocycles. The van der Waals surface area contributed by atoms with Crippen LogP contribution in [0.1, 0.15) is 11.0 Å². The van der Waals surface area contributed by atoms with Crippen LogP contribution in [0.4, 0.5) is 0 Å². The number of benzene rings is 1. The fourth-order valence-corrected chi connectivity index (χ4v) is 0.654. The van der Waals surface area contributed by atoms with Gasteiger partial charge in [0.25, 0.3) is 0 Å². The highest BCUT2D eigenvalue weighted by molar-refractivity contribution is 5.69. The zero-order valence-corrected chi connectivity index (χ0v) is 5.57. The zero-order valence-electron chi connectivity index (χ0n) is 8.57. The van der Waals surface area contributed by atoms with Gasteiger partial charge >= 0.3 is 5.97 Å². The molecule has 0 amide bonds. The average molecular weight is 156 g/mol. The Labute approximate surface area is 68.4 Å². The molecule has 3 nitrogen and oxygen atoms in total. The molecule has 0 fully saturated rings. The highest BCUT2D eigenvalue weighted by atomic mass is 16.5. The molecule has 0 radical (unpaired) electrons. The van der Waals surface area contributed by atoms with Gasteiger partial charge < -0.3 is 9.84 Å². The molecule has 0 heterocycles. The largest absolute Gasteiger partial charge is 0.508 e. The van der Waals surface area contributed by atoms with Gasteiger partial charge in [0.1, 0.15) is 11.5 Å². The lowest BCUT2D eigenvalue weighted by Crippen LogP contribution is -2.00. The number of hydrogen-bond acceptors (Lipinski definition) is 3. The first-order valence-electron chi connectivity index (χ1n) is 4.41. The summed E-state index contributed by atoms with van der Waals surface area (Å²) >= 11 is 0. The van der Waals surface area contributed by atoms with Gasteiger partial charge in [0.05, 0.1) is 0 Å². The van der Waals surface area contributed by atoms with Gasteiger partial charge in [-0.15, -0.1) is 0 Å². The van der Waals surface area contributed by atoms with Crippen LogP contribution in [0.5, 0.6) is 11.5 Å². The third kappa shape index (κ3) is 2.29. The lowest BCUT2D eigenvalue weighted by atomic mass is 10.3. The molecule has 0 spiro atoms. The van der Waals surface area contributed by atoms with Gasteiger partial charge in [-0.05, 0) is 12.1 Å². The van der Waals surface area contributed by atoms with Gasteiger partial charge in [0, 0.05) is 17.0 Å². The first-order valence-corrected chi connectivity index (χ1v) is 2.91. The van der Waals surface area contributed by atoms with E-state index in [-0.39, 0.29) is 11.5 Å². The third-order valence-corrected chi connectivity index (χ3v) is 1.03. The molecule has 0 saturated carbocycles. The summed E-state index contributed by atoms with van der Waals surface area (Å²) in [5.74, 6) is -1.41. The van der Waals surface area contributed by atoms with E-state index >= 15 is 0 Å². The first kappa shape index (κ1) is 4.38. The second-order valence-corrected chi connectivity index (χ2v) is 1.89. The minimum absolute atomic E-state index is 0.00567. The van der Waals surface area contributed by atoms with Gasteiger partial charge in [0.15, 0.2) is 0 Å². The number of hydrogen-bond donors (Lipinski definition) is 1. The van der Waals surface area contributed by atoms with Crippen LogP contribution >= 0.6 is 0 Å². The minimum atomic E-state index is -2.79. The van der Waals surface area contributed by atoms with Crippen LogP contribution in [0.2, 0.25) is 0 Å². The molecule has 0 aromatic heterocycles. The number of phenols is 1. The van der Waals surface area contributed by atoms with E-state index in [0.717, 1.165) is 6.07 Å². The summed E-state index contributed by atoms with van der Waals surface area (Å²) in [7, 11) is 0. The maximum atomic E-state index is 10.9. The van der Waals surface area contributed by atoms with Crippen molar-refractivity contribution in [2.75, 3.05) is 0 Å². The lowest BCUT2D eigenvalue weighted by Gasteiger charge is -1.99. The topological polar surface area (TPSA) is 46.5 Å². The fraction of sp³-hybridized carbons (Fsp3) is 0.125. The van der Waals surface area contributed by atoms with E-state index in [0.29, 0.717) is 0 Å². The van der Waals surface area contributed by atoms with Crippen LogP contribution in [-0.4, -0.2) is 11.1 Å². The van der Waals surface area contributed by atoms with Crippen LogP contribution in [0.15, 0.2) is 24.3 Å². The first-order chi connectivity index (χ1) is 6.39. The van der Waals surface area contributed by atoms with Crippen molar-refractivity contribution in [3.05, 3.63) is 24.3 Å². The molecular formula is C8H8O3. The number of carbonyl (C=O) groups is 1. The summed E-state index contributed by atoms with van der Waals surface area (Å²) in [6, 6.07) is 5.36. The van der Waals surface area contributed by atoms with Crippen molar-refractivity contribution in [1.29, 1.82) is 0 Å². The van der Waals surface area contributed by atoms with Crippen molar-refractivity contribution < 1.29 is 18.8 Å². The predicted molar refractivity (Wildman–Crippen MR) is 39.4 cm³/mol. The van der Waals surface area contributed by atoms with Gasteiger partial charge in [0.2, 0.25) is 0 Å². The maximum absolute atomic E-state index is 10.9. The van der Waals surface area contributed by atoms with Crippen LogP contribution in [0.3, 0.4) is 0 Å². The Balaban J connectivity index is 2.75. The van der Waals surface area contributed by atoms with Crippen molar-refractivity contribution in [2.45, 2.75) is 6.85 Å². The maximum Gasteiger partial charge on any atom is 0.308 e. The summed E-state index contributed by atoms with van der Waals surface area (Å²) < 4.78 is 24.7. The molecule has 0 aliphatic carbocycles. The van der Waals surface area contributed by atoms with E-state index < -0.39 is 12.8 Å². The zero-order chi connectivity index (χ0) is 10.8. The number of phenolic OH excluding ortho intramolecular Hbond substituents is 1. The van der Waals surface area contributed by atoms with Gasteiger partial charge in [-0.25, -0.2) is 0 Å². The van der Waals surface area contributed by atoms with Crippen molar-refractivity contribution in [3.8, 4) is 11.5 Å². The smallest absolute Gasteiger partial charge is 0.308 e. The Morgan fingerprint density at radius 1 is 1.73 bits per heavy atom. The summed E-state index contributed by atoms with van der Waals surface area (Å²) in [6.07, 6.45) is 0. The fourth-order valence-electron chi connectivity index (χ4n) is 0.654. The molecule has 0 atom stereocenters. The molecule has 58 valence electrons. The van der Waals surface area contributed by atoms with Crippen molar-refractivity contribution in [1.82, 2.24) is 0 Å². The molecule has 1 rings (SSSR count). The predicted octanol–water partition coefficient (Wildman–Crippen LogP) is 1.32. The minimum Gasteiger partial charge on any atom is -0.508 e. The van der Waals surface area contributed by atoms with Crippen LogP contribution in [0, 0.1) is 0 Å². The van der Waals surface area contributed by atoms with Gasteiger partial charge in [-0.3, -0.25) is 4.79 Å². The van der Waals surface area contributed by atoms with Crippen molar-refractivity contribution >= 4 is 5.97 Å². The second kappa shape index (κ2) is 3.05. The molecule has 11 heavy (non-hydrogen) atoms. The van der Waals surface area contributed by atoms with Gasteiger partial charge in [-0.1, -0.05) is 6.07 Å². The molecule has 0 aliphatic heterocycles. The van der Waals surface area contributed by atoms with Crippen LogP contribution in [0.25, 0.3) is 0 Å². The lowest BCUT2D eigenvalue weighted by molar-refractivity contribution is -0.131. The van der Waals surface area contributed by atoms with E-state index in [9.17, 15) is 4.79 Å². The standard InChI is InChI=1S/C8H8O3/c1-6(9)11-8-4-2-3-7(10)5-8/h2-5,10H,1H3/i1+1D3. The molecule has 3 heteroatoms. The Kier molecular flexibility index (Phi) is 1.22. The Morgan fingerprint density at radius 2 is 2.55 bits per heavy atom. The molecule has 1 aromatic rings. The molecular weight excluding hydrogens is 145 g/mol. The quantitative estimate of drug-likeness (QED) is 0.379. The van der Waals surface area contributed by atoms with E-state index in [1.807, 2.05) is 0 Å². The number of esters is 1. The van der Waals surface area contributed by atoms with E-state index in [1.54, 1.807) is 0 Å². The monoisotopic (exact) mass is 156 g/mol. The number of carbonyl (C=O) groups excluding carboxylic acids is 1. The number of ether oxygens (including phenoxy) is 1. The Bertz CT molecular complexity index is 346. The number of aromatic hydroxyl groups is 1. The summed E-state index contributed by atoms with van der Waals surface area (Å²) in [6.45, 7) is -2.79. The third-order valence-electron chi connectivity index (χ3n) is 1.03. The summed E-state index contributed by atoms with van der Waals surface area (Å²) in [5.41, 5.74) is 0. The van der Waals surface area contributed by atoms with Crippen LogP contribution in [-0.2, 0) is 4.79 Å². The Morgan fingerprint density at radius 3 is 3.18 bits per heavy atom. The van der Waals surface area contributed by atoms with E-state index in [4.69, 9.17) is 9.22 Å². The normalized spacial score (nSPS) is 14.4. The highest BCUT2D eigenvalue weighted by Gasteiger charge is 1.96. The molecule has 0 aliphatic rings. The summed E-state index contributed by atoms with van der Waals surface area (Å²) in [5, 5.41) is 9.00. The van der Waals surface area contributed by atoms with Crippen molar-refractivity contribution in [3.63, 3.8) is 0 Å². The van der Waals surface area contributed by atoms with Crippen LogP contribution < -0.4 is 4.74 Å². The molecule has 1 N–H and O–H groups in total. The SMILES string of the molecule is [2H][13C]([2H])([2H])C(=O)Oc1cccc(O)c1. The van der Waals surface area contributed by atoms with E-state index in [2.05, 4.69) is 4.74 Å². The highest BCUT2D eigenvalue weighted by Crippen LogP contribution is 2.17. The second-order valence-electron chi connectivity index (χ2n) is 1.89.